The molecule has 0 saturated heterocycles. The summed E-state index contributed by atoms with van der Waals surface area (Å²) in [6, 6.07) is 3.52. The molecular formula is C7H7N5OS. The summed E-state index contributed by atoms with van der Waals surface area (Å²) in [5.74, 6) is 0.0465. The lowest BCUT2D eigenvalue weighted by atomic mass is 10.4. The standard InChI is InChI=1S/C7H7N5OS/c8-6(11-13)5-2-1-3-12(5)7-10-9-4-14-7/h1-4,13H,(H2,8,11). The topological polar surface area (TPSA) is 89.3 Å². The molecule has 0 atom stereocenters. The highest BCUT2D eigenvalue weighted by Gasteiger charge is 2.09. The molecule has 0 aliphatic rings. The van der Waals surface area contributed by atoms with Crippen LogP contribution in [0.2, 0.25) is 0 Å². The van der Waals surface area contributed by atoms with Crippen molar-refractivity contribution in [1.82, 2.24) is 14.8 Å². The fraction of sp³-hybridized carbons (Fsp3) is 0. The predicted octanol–water partition coefficient (Wildman–Crippen LogP) is 0.423. The zero-order valence-electron chi connectivity index (χ0n) is 7.03. The van der Waals surface area contributed by atoms with Crippen molar-refractivity contribution in [3.05, 3.63) is 29.5 Å². The Labute approximate surface area is 83.3 Å². The quantitative estimate of drug-likeness (QED) is 0.325. The summed E-state index contributed by atoms with van der Waals surface area (Å²) in [7, 11) is 0. The number of hydrogen-bond acceptors (Lipinski definition) is 5. The second-order valence-corrected chi connectivity index (χ2v) is 3.28. The average molecular weight is 209 g/mol. The highest BCUT2D eigenvalue weighted by Crippen LogP contribution is 2.13. The Morgan fingerprint density at radius 1 is 1.64 bits per heavy atom. The van der Waals surface area contributed by atoms with E-state index in [1.165, 1.54) is 11.3 Å². The van der Waals surface area contributed by atoms with Gasteiger partial charge in [0.05, 0.1) is 5.69 Å². The zero-order chi connectivity index (χ0) is 9.97. The van der Waals surface area contributed by atoms with Crippen LogP contribution in [-0.2, 0) is 0 Å². The van der Waals surface area contributed by atoms with Crippen molar-refractivity contribution in [2.75, 3.05) is 0 Å². The first-order valence-electron chi connectivity index (χ1n) is 3.74. The monoisotopic (exact) mass is 209 g/mol. The fourth-order valence-electron chi connectivity index (χ4n) is 1.08. The Balaban J connectivity index is 2.50. The molecule has 0 unspecified atom stereocenters. The summed E-state index contributed by atoms with van der Waals surface area (Å²) < 4.78 is 1.70. The summed E-state index contributed by atoms with van der Waals surface area (Å²) >= 11 is 1.37. The molecule has 0 aliphatic carbocycles. The van der Waals surface area contributed by atoms with Crippen molar-refractivity contribution in [3.8, 4) is 5.13 Å². The number of nitrogens with two attached hydrogens (primary N) is 1. The van der Waals surface area contributed by atoms with Crippen molar-refractivity contribution in [3.63, 3.8) is 0 Å². The van der Waals surface area contributed by atoms with Gasteiger partial charge in [0.15, 0.2) is 5.84 Å². The Morgan fingerprint density at radius 2 is 2.50 bits per heavy atom. The Morgan fingerprint density at radius 3 is 3.14 bits per heavy atom. The summed E-state index contributed by atoms with van der Waals surface area (Å²) in [4.78, 5) is 0. The van der Waals surface area contributed by atoms with E-state index in [0.717, 1.165) is 0 Å². The predicted molar refractivity (Wildman–Crippen MR) is 51.7 cm³/mol. The minimum atomic E-state index is 0.0465. The van der Waals surface area contributed by atoms with Crippen LogP contribution in [0.15, 0.2) is 29.0 Å². The van der Waals surface area contributed by atoms with Crippen molar-refractivity contribution in [1.29, 1.82) is 0 Å². The molecule has 0 amide bonds. The van der Waals surface area contributed by atoms with E-state index in [0.29, 0.717) is 10.8 Å². The summed E-state index contributed by atoms with van der Waals surface area (Å²) in [5.41, 5.74) is 7.68. The molecule has 14 heavy (non-hydrogen) atoms. The lowest BCUT2D eigenvalue weighted by Gasteiger charge is -2.01. The van der Waals surface area contributed by atoms with Crippen LogP contribution in [0.5, 0.6) is 0 Å². The molecule has 2 aromatic rings. The van der Waals surface area contributed by atoms with Gasteiger partial charge in [0.2, 0.25) is 5.13 Å². The number of aromatic nitrogens is 3. The maximum absolute atomic E-state index is 8.55. The van der Waals surface area contributed by atoms with Gasteiger partial charge in [-0.25, -0.2) is 0 Å². The van der Waals surface area contributed by atoms with Gasteiger partial charge in [0, 0.05) is 6.20 Å². The molecule has 0 radical (unpaired) electrons. The van der Waals surface area contributed by atoms with Crippen molar-refractivity contribution < 1.29 is 5.21 Å². The van der Waals surface area contributed by atoms with Crippen LogP contribution in [0.3, 0.4) is 0 Å². The average Bonchev–Trinajstić information content (AvgIpc) is 2.85. The first kappa shape index (κ1) is 8.70. The molecule has 2 rings (SSSR count). The molecule has 0 fully saturated rings. The molecule has 0 saturated carbocycles. The van der Waals surface area contributed by atoms with Crippen LogP contribution in [0.25, 0.3) is 5.13 Å². The Bertz CT molecular complexity index is 446. The zero-order valence-corrected chi connectivity index (χ0v) is 7.85. The van der Waals surface area contributed by atoms with Crippen LogP contribution in [-0.4, -0.2) is 25.8 Å². The smallest absolute Gasteiger partial charge is 0.216 e. The minimum Gasteiger partial charge on any atom is -0.409 e. The summed E-state index contributed by atoms with van der Waals surface area (Å²) in [6.45, 7) is 0. The first-order chi connectivity index (χ1) is 6.83. The second kappa shape index (κ2) is 3.46. The molecule has 2 heterocycles. The van der Waals surface area contributed by atoms with Gasteiger partial charge < -0.3 is 10.9 Å². The molecule has 0 bridgehead atoms. The molecule has 7 heteroatoms. The van der Waals surface area contributed by atoms with E-state index in [4.69, 9.17) is 10.9 Å². The molecule has 0 aliphatic heterocycles. The number of hydrogen-bond donors (Lipinski definition) is 2. The molecule has 2 aromatic heterocycles. The number of oxime groups is 1. The van der Waals surface area contributed by atoms with Crippen LogP contribution < -0.4 is 5.73 Å². The SMILES string of the molecule is N/C(=N/O)c1cccn1-c1nncs1. The van der Waals surface area contributed by atoms with E-state index in [2.05, 4.69) is 15.4 Å². The van der Waals surface area contributed by atoms with Crippen LogP contribution >= 0.6 is 11.3 Å². The lowest BCUT2D eigenvalue weighted by Crippen LogP contribution is -2.17. The van der Waals surface area contributed by atoms with E-state index < -0.39 is 0 Å². The van der Waals surface area contributed by atoms with E-state index in [1.807, 2.05) is 0 Å². The molecule has 3 N–H and O–H groups in total. The van der Waals surface area contributed by atoms with Gasteiger partial charge in [0.1, 0.15) is 5.51 Å². The molecule has 6 nitrogen and oxygen atoms in total. The van der Waals surface area contributed by atoms with Gasteiger partial charge in [0.25, 0.3) is 0 Å². The highest BCUT2D eigenvalue weighted by atomic mass is 32.1. The van der Waals surface area contributed by atoms with Crippen LogP contribution in [0, 0.1) is 0 Å². The van der Waals surface area contributed by atoms with Crippen molar-refractivity contribution >= 4 is 17.2 Å². The third-order valence-electron chi connectivity index (χ3n) is 1.67. The lowest BCUT2D eigenvalue weighted by molar-refractivity contribution is 0.318. The van der Waals surface area contributed by atoms with Gasteiger partial charge in [-0.05, 0) is 12.1 Å². The van der Waals surface area contributed by atoms with Gasteiger partial charge in [-0.2, -0.15) is 0 Å². The summed E-state index contributed by atoms with van der Waals surface area (Å²) in [6.07, 6.45) is 1.77. The Hall–Kier alpha value is -1.89. The van der Waals surface area contributed by atoms with E-state index in [9.17, 15) is 0 Å². The maximum Gasteiger partial charge on any atom is 0.216 e. The first-order valence-corrected chi connectivity index (χ1v) is 4.62. The van der Waals surface area contributed by atoms with Crippen molar-refractivity contribution in [2.45, 2.75) is 0 Å². The minimum absolute atomic E-state index is 0.0465. The normalized spacial score (nSPS) is 11.9. The van der Waals surface area contributed by atoms with Gasteiger partial charge >= 0.3 is 0 Å². The van der Waals surface area contributed by atoms with Gasteiger partial charge in [-0.1, -0.05) is 16.5 Å². The van der Waals surface area contributed by atoms with Crippen molar-refractivity contribution in [2.24, 2.45) is 10.9 Å². The molecule has 0 spiro atoms. The second-order valence-electron chi connectivity index (χ2n) is 2.47. The number of amidine groups is 1. The van der Waals surface area contributed by atoms with E-state index >= 15 is 0 Å². The third kappa shape index (κ3) is 1.33. The molecular weight excluding hydrogens is 202 g/mol. The van der Waals surface area contributed by atoms with E-state index in [-0.39, 0.29) is 5.84 Å². The van der Waals surface area contributed by atoms with E-state index in [1.54, 1.807) is 28.4 Å². The number of rotatable bonds is 2. The Kier molecular flexibility index (Phi) is 2.15. The van der Waals surface area contributed by atoms with Gasteiger partial charge in [-0.3, -0.25) is 4.57 Å². The number of nitrogens with zero attached hydrogens (tertiary/aromatic N) is 4. The fourth-order valence-corrected chi connectivity index (χ4v) is 1.64. The summed E-state index contributed by atoms with van der Waals surface area (Å²) in [5, 5.41) is 19.7. The maximum atomic E-state index is 8.55. The molecule has 0 aromatic carbocycles. The third-order valence-corrected chi connectivity index (χ3v) is 2.36. The largest absolute Gasteiger partial charge is 0.409 e. The van der Waals surface area contributed by atoms with Crippen LogP contribution in [0.4, 0.5) is 0 Å². The van der Waals surface area contributed by atoms with Gasteiger partial charge in [-0.15, -0.1) is 10.2 Å². The highest BCUT2D eigenvalue weighted by molar-refractivity contribution is 7.11. The van der Waals surface area contributed by atoms with Crippen LogP contribution in [0.1, 0.15) is 5.69 Å². The molecule has 72 valence electrons.